The molecule has 9 N–H and O–H groups in total. The molecule has 0 aliphatic heterocycles. The molecule has 0 amide bonds. The molecule has 0 spiro atoms. The fourth-order valence-electron chi connectivity index (χ4n) is 15.7. The van der Waals surface area contributed by atoms with Crippen LogP contribution in [-0.4, -0.2) is 500 Å². The van der Waals surface area contributed by atoms with E-state index in [1.165, 1.54) is 611 Å². The Morgan fingerprint density at radius 2 is 0.153 bits per heavy atom. The van der Waals surface area contributed by atoms with Crippen LogP contribution < -0.4 is 47.9 Å². The minimum absolute atomic E-state index is 1.06. The summed E-state index contributed by atoms with van der Waals surface area (Å²) < 4.78 is 9.57. The number of hydrogen-bond acceptors (Lipinski definition) is 9. The summed E-state index contributed by atoms with van der Waals surface area (Å²) in [7, 11) is 73.2. The van der Waals surface area contributed by atoms with Crippen LogP contribution in [0.5, 0.6) is 0 Å². The van der Waals surface area contributed by atoms with Gasteiger partial charge in [0.05, 0.1) is 249 Å². The third-order valence-electron chi connectivity index (χ3n) is 26.2. The molecule has 0 bridgehead atoms. The van der Waals surface area contributed by atoms with E-state index in [2.05, 4.69) is 238 Å². The number of nitrogens with zero attached hydrogens (tertiary/aromatic N) is 9. The van der Waals surface area contributed by atoms with E-state index in [0.29, 0.717) is 0 Å². The van der Waals surface area contributed by atoms with E-state index in [1.54, 1.807) is 0 Å². The summed E-state index contributed by atoms with van der Waals surface area (Å²) >= 11 is 0. The summed E-state index contributed by atoms with van der Waals surface area (Å²) in [5.41, 5.74) is 0. The third-order valence-corrected chi connectivity index (χ3v) is 32.6. The molecule has 0 aromatic rings. The number of quaternary nitrogens is 9. The number of likely N-dealkylation sites (N-methyl/N-ethyl adjacent to an activating group) is 9. The van der Waals surface area contributed by atoms with Crippen molar-refractivity contribution in [2.45, 2.75) is 401 Å². The average Bonchev–Trinajstić information content (AvgIpc) is 1.03. The van der Waals surface area contributed by atoms with E-state index in [1.807, 2.05) is 0 Å². The van der Waals surface area contributed by atoms with Crippen LogP contribution in [0.3, 0.4) is 0 Å². The summed E-state index contributed by atoms with van der Waals surface area (Å²) in [4.78, 5) is 0. The molecule has 0 rings (SSSR count). The van der Waals surface area contributed by atoms with Gasteiger partial charge in [-0.25, -0.2) is 0 Å². The van der Waals surface area contributed by atoms with Crippen LogP contribution in [0.4, 0.5) is 0 Å². The molecule has 0 saturated carbocycles. The van der Waals surface area contributed by atoms with Gasteiger partial charge in [0.1, 0.15) is 0 Å². The highest BCUT2D eigenvalue weighted by atomic mass is 28.2. The number of unbranched alkanes of at least 4 members (excludes halogenated alkanes) is 45. The lowest BCUT2D eigenvalue weighted by Crippen LogP contribution is -2.40. The highest BCUT2D eigenvalue weighted by Gasteiger charge is 2.13. The standard InChI is InChI=1S/C17H41N2Si.C16H39N2Si.C15H37N2Si.C14H35N2Si.C13H33N2Si.C12H31N2Si.C11H29N2Si.C10H27N2Si.C9H25N2Si/c1-19(2,3)16-15-18-14-12-10-8-6-4-5-7-9-11-13-17-20;1-18(2,3)15-14-17-13-11-9-7-5-4-6-8-10-12-16-19;1-17(2,3)14-13-16-12-10-8-6-4-5-7-9-11-15-18;1-16(2,3)13-12-15-11-9-7-5-4-6-8-10-14-17;1-15(2,3)12-11-14-10-8-6-4-5-7-9-13-16;1-14(2,3)11-10-13-9-7-5-4-6-8-12-15;1-13(2,3)10-9-12-8-6-4-5-7-11-14;1-12(2,3)9-8-11-7-5-4-6-10-13;1-11(2,3)8-7-10-6-4-5-9-12/h18H,4-17H2,1-3,20H3;17H,4-16H2,1-3,19H3;16H,4-15H2,1-3,18H3;15H,4-14H2,1-3,17H3;14H,4-13H2,1-3,16H3;13H,4-12H2,1-3,15H3;12H,4-11H2,1-3,14H3;11H,4-10H2,1-3,13H3;10H,4-9H2,1-3,12H3/q9*+1. The van der Waals surface area contributed by atoms with Crippen LogP contribution in [-0.2, 0) is 0 Å². The highest BCUT2D eigenvalue weighted by molar-refractivity contribution is 6.10. The second-order valence-corrected chi connectivity index (χ2v) is 62.0. The van der Waals surface area contributed by atoms with Gasteiger partial charge in [-0.05, 0) is 117 Å². The Kier molecular flexibility index (Phi) is 141. The second-order valence-electron chi connectivity index (χ2n) is 53.0. The number of rotatable bonds is 99. The van der Waals surface area contributed by atoms with Crippen molar-refractivity contribution >= 4 is 92.2 Å². The molecule has 27 heteroatoms. The minimum atomic E-state index is 1.06. The van der Waals surface area contributed by atoms with Crippen molar-refractivity contribution in [3.63, 3.8) is 0 Å². The maximum Gasteiger partial charge on any atom is 0.0907 e. The molecule has 0 atom stereocenters. The molecule has 144 heavy (non-hydrogen) atoms. The molecule has 0 fully saturated rings. The molecule has 0 aromatic carbocycles. The van der Waals surface area contributed by atoms with Crippen molar-refractivity contribution in [3.05, 3.63) is 0 Å². The first-order chi connectivity index (χ1) is 68.0. The molecule has 18 nitrogen and oxygen atoms in total. The quantitative estimate of drug-likeness (QED) is 0.0167. The van der Waals surface area contributed by atoms with E-state index in [9.17, 15) is 0 Å². The normalized spacial score (nSPS) is 12.2. The van der Waals surface area contributed by atoms with Crippen molar-refractivity contribution in [1.82, 2.24) is 47.9 Å². The lowest BCUT2D eigenvalue weighted by atomic mass is 10.1. The molecule has 0 saturated heterocycles. The largest absolute Gasteiger partial charge is 0.330 e. The average molecular weight is 2210 g/mol. The first kappa shape index (κ1) is 163. The van der Waals surface area contributed by atoms with Crippen LogP contribution in [0.15, 0.2) is 0 Å². The summed E-state index contributed by atoms with van der Waals surface area (Å²) in [5.74, 6) is 0. The van der Waals surface area contributed by atoms with Crippen molar-refractivity contribution in [3.8, 4) is 0 Å². The Morgan fingerprint density at radius 3 is 0.236 bits per heavy atom. The molecule has 0 radical (unpaired) electrons. The maximum absolute atomic E-state index is 3.56. The lowest BCUT2D eigenvalue weighted by Gasteiger charge is -2.23. The van der Waals surface area contributed by atoms with E-state index in [4.69, 9.17) is 0 Å². The Balaban J connectivity index is -0.000000204. The van der Waals surface area contributed by atoms with Crippen molar-refractivity contribution in [1.29, 1.82) is 0 Å². The fourth-order valence-corrected chi connectivity index (χ4v) is 20.2. The highest BCUT2D eigenvalue weighted by Crippen LogP contribution is 2.15. The summed E-state index contributed by atoms with van der Waals surface area (Å²) in [6, 6.07) is 13.4. The van der Waals surface area contributed by atoms with Crippen LogP contribution in [0, 0.1) is 0 Å². The molecule has 0 aliphatic carbocycles. The Morgan fingerprint density at radius 1 is 0.0903 bits per heavy atom. The zero-order valence-electron chi connectivity index (χ0n) is 108. The zero-order valence-corrected chi connectivity index (χ0v) is 126. The van der Waals surface area contributed by atoms with Gasteiger partial charge < -0.3 is 88.2 Å². The molecular weight excluding hydrogens is 1910 g/mol. The van der Waals surface area contributed by atoms with Gasteiger partial charge >= 0.3 is 0 Å². The van der Waals surface area contributed by atoms with Crippen molar-refractivity contribution in [2.24, 2.45) is 0 Å². The Bertz CT molecular complexity index is 2260. The van der Waals surface area contributed by atoms with Gasteiger partial charge in [0.2, 0.25) is 0 Å². The molecular formula is C117H297N18Si9+9. The smallest absolute Gasteiger partial charge is 0.0907 e. The first-order valence-corrected chi connectivity index (χ1v) is 76.4. The van der Waals surface area contributed by atoms with E-state index in [0.717, 1.165) is 99.3 Å². The van der Waals surface area contributed by atoms with Crippen LogP contribution in [0.25, 0.3) is 0 Å². The van der Waals surface area contributed by atoms with Gasteiger partial charge in [-0.2, -0.15) is 0 Å². The van der Waals surface area contributed by atoms with Crippen molar-refractivity contribution < 1.29 is 40.3 Å². The molecule has 882 valence electrons. The van der Waals surface area contributed by atoms with Gasteiger partial charge in [0.15, 0.2) is 0 Å². The molecule has 0 aromatic heterocycles. The van der Waals surface area contributed by atoms with Gasteiger partial charge in [0.25, 0.3) is 0 Å². The number of nitrogens with one attached hydrogen (secondary N) is 9. The Hall–Kier alpha value is 1.23. The molecule has 0 heterocycles. The topological polar surface area (TPSA) is 108 Å². The molecule has 0 aliphatic rings. The van der Waals surface area contributed by atoms with Gasteiger partial charge in [-0.3, -0.25) is 0 Å². The zero-order chi connectivity index (χ0) is 111. The summed E-state index contributed by atoms with van der Waals surface area (Å²) in [6.45, 7) is 32.3. The van der Waals surface area contributed by atoms with E-state index < -0.39 is 0 Å². The van der Waals surface area contributed by atoms with Crippen molar-refractivity contribution in [2.75, 3.05) is 367 Å². The third kappa shape index (κ3) is 207. The van der Waals surface area contributed by atoms with E-state index in [-0.39, 0.29) is 0 Å². The van der Waals surface area contributed by atoms with Gasteiger partial charge in [-0.1, -0.05) is 343 Å². The second kappa shape index (κ2) is 124. The lowest BCUT2D eigenvalue weighted by molar-refractivity contribution is -0.869. The predicted molar refractivity (Wildman–Crippen MR) is 704 cm³/mol. The first-order valence-electron chi connectivity index (χ1n) is 63.6. The molecule has 0 unspecified atom stereocenters. The van der Waals surface area contributed by atoms with Crippen LogP contribution >= 0.6 is 0 Å². The SMILES string of the molecule is C[N+](C)(C)CCNCCCCCCCCCCCC[SiH3].C[N+](C)(C)CCNCCCCCCCCCCC[SiH3].C[N+](C)(C)CCNCCCCCCCCCC[SiH3].C[N+](C)(C)CCNCCCCCCCCC[SiH3].C[N+](C)(C)CCNCCCCCCCC[SiH3].C[N+](C)(C)CCNCCCCCCC[SiH3].C[N+](C)(C)CCNCCCCCC[SiH3].C[N+](C)(C)CCNCCCCC[SiH3].C[N+](C)(C)CCNCCCC[SiH3]. The summed E-state index contributed by atoms with van der Waals surface area (Å²) in [6.07, 6.45) is 77.8. The monoisotopic (exact) mass is 2210 g/mol. The van der Waals surface area contributed by atoms with Crippen LogP contribution in [0.1, 0.15) is 347 Å². The van der Waals surface area contributed by atoms with Gasteiger partial charge in [0, 0.05) is 151 Å². The number of hydrogen-bond donors (Lipinski definition) is 9. The predicted octanol–water partition coefficient (Wildman–Crippen LogP) is 12.7. The Labute approximate surface area is 941 Å². The minimum Gasteiger partial charge on any atom is -0.330 e. The maximum atomic E-state index is 3.56. The fraction of sp³-hybridized carbons (Fsp3) is 1.00. The summed E-state index contributed by atoms with van der Waals surface area (Å²) in [5, 5.41) is 31.7. The van der Waals surface area contributed by atoms with E-state index >= 15 is 0 Å². The van der Waals surface area contributed by atoms with Gasteiger partial charge in [-0.15, -0.1) is 0 Å². The van der Waals surface area contributed by atoms with Crippen LogP contribution in [0.2, 0.25) is 54.4 Å².